The van der Waals surface area contributed by atoms with Crippen LogP contribution < -0.4 is 10.9 Å². The number of carbonyl (C=O) groups excluding carboxylic acids is 1. The van der Waals surface area contributed by atoms with E-state index in [0.717, 1.165) is 4.83 Å². The number of ether oxygens (including phenoxy) is 1. The van der Waals surface area contributed by atoms with Crippen LogP contribution in [0.5, 0.6) is 0 Å². The SMILES string of the molecule is COCCC(=O)NCCn1c(C)nc2sccc2c1=O. The molecule has 0 radical (unpaired) electrons. The van der Waals surface area contributed by atoms with Gasteiger partial charge in [0.15, 0.2) is 0 Å². The number of methoxy groups -OCH3 is 1. The summed E-state index contributed by atoms with van der Waals surface area (Å²) in [5.74, 6) is 0.582. The first kappa shape index (κ1) is 14.7. The number of nitrogens with zero attached hydrogens (tertiary/aromatic N) is 2. The average molecular weight is 295 g/mol. The summed E-state index contributed by atoms with van der Waals surface area (Å²) in [6.45, 7) is 3.02. The molecule has 1 N–H and O–H groups in total. The molecular weight excluding hydrogens is 278 g/mol. The molecule has 0 aliphatic heterocycles. The lowest BCUT2D eigenvalue weighted by molar-refractivity contribution is -0.121. The molecule has 2 heterocycles. The molecule has 1 amide bonds. The molecule has 0 aromatic carbocycles. The van der Waals surface area contributed by atoms with E-state index < -0.39 is 0 Å². The molecule has 2 aromatic rings. The Labute approximate surface area is 120 Å². The van der Waals surface area contributed by atoms with Crippen molar-refractivity contribution in [2.75, 3.05) is 20.3 Å². The third-order valence-corrected chi connectivity index (χ3v) is 3.77. The first-order valence-electron chi connectivity index (χ1n) is 6.33. The molecule has 0 atom stereocenters. The number of thiophene rings is 1. The molecule has 0 bridgehead atoms. The number of aromatic nitrogens is 2. The lowest BCUT2D eigenvalue weighted by atomic mass is 10.4. The summed E-state index contributed by atoms with van der Waals surface area (Å²) in [5, 5.41) is 5.25. The molecule has 0 saturated carbocycles. The Kier molecular flexibility index (Phi) is 4.86. The molecule has 0 fully saturated rings. The van der Waals surface area contributed by atoms with Crippen LogP contribution in [0.25, 0.3) is 10.2 Å². The van der Waals surface area contributed by atoms with Gasteiger partial charge in [-0.3, -0.25) is 14.2 Å². The molecule has 6 nitrogen and oxygen atoms in total. The molecule has 20 heavy (non-hydrogen) atoms. The molecule has 0 spiro atoms. The van der Waals surface area contributed by atoms with Gasteiger partial charge < -0.3 is 10.1 Å². The Morgan fingerprint density at radius 2 is 2.35 bits per heavy atom. The van der Waals surface area contributed by atoms with E-state index in [0.29, 0.717) is 37.3 Å². The highest BCUT2D eigenvalue weighted by Gasteiger charge is 2.09. The van der Waals surface area contributed by atoms with Crippen molar-refractivity contribution >= 4 is 27.5 Å². The van der Waals surface area contributed by atoms with E-state index >= 15 is 0 Å². The maximum absolute atomic E-state index is 12.3. The second kappa shape index (κ2) is 6.62. The van der Waals surface area contributed by atoms with Crippen LogP contribution in [0.3, 0.4) is 0 Å². The third kappa shape index (κ3) is 3.23. The van der Waals surface area contributed by atoms with Gasteiger partial charge in [0.2, 0.25) is 5.91 Å². The number of amides is 1. The van der Waals surface area contributed by atoms with Crippen LogP contribution in [0.4, 0.5) is 0 Å². The predicted molar refractivity (Wildman–Crippen MR) is 78.1 cm³/mol. The van der Waals surface area contributed by atoms with Crippen LogP contribution in [0.2, 0.25) is 0 Å². The van der Waals surface area contributed by atoms with Crippen molar-refractivity contribution in [1.82, 2.24) is 14.9 Å². The van der Waals surface area contributed by atoms with Gasteiger partial charge >= 0.3 is 0 Å². The lowest BCUT2D eigenvalue weighted by Gasteiger charge is -2.10. The van der Waals surface area contributed by atoms with Crippen molar-refractivity contribution in [2.45, 2.75) is 19.9 Å². The number of rotatable bonds is 6. The first-order valence-corrected chi connectivity index (χ1v) is 7.21. The average Bonchev–Trinajstić information content (AvgIpc) is 2.88. The Hall–Kier alpha value is -1.73. The van der Waals surface area contributed by atoms with Gasteiger partial charge in [0, 0.05) is 26.6 Å². The first-order chi connectivity index (χ1) is 9.63. The van der Waals surface area contributed by atoms with Gasteiger partial charge in [-0.1, -0.05) is 0 Å². The molecule has 2 aromatic heterocycles. The molecular formula is C13H17N3O3S. The summed E-state index contributed by atoms with van der Waals surface area (Å²) in [6.07, 6.45) is 0.326. The van der Waals surface area contributed by atoms with Crippen molar-refractivity contribution in [3.63, 3.8) is 0 Å². The molecule has 7 heteroatoms. The monoisotopic (exact) mass is 295 g/mol. The van der Waals surface area contributed by atoms with E-state index in [2.05, 4.69) is 10.3 Å². The minimum Gasteiger partial charge on any atom is -0.384 e. The molecule has 0 aliphatic carbocycles. The lowest BCUT2D eigenvalue weighted by Crippen LogP contribution is -2.32. The van der Waals surface area contributed by atoms with Crippen molar-refractivity contribution < 1.29 is 9.53 Å². The van der Waals surface area contributed by atoms with Crippen LogP contribution in [0, 0.1) is 6.92 Å². The highest BCUT2D eigenvalue weighted by molar-refractivity contribution is 7.16. The fraction of sp³-hybridized carbons (Fsp3) is 0.462. The second-order valence-electron chi connectivity index (χ2n) is 4.35. The summed E-state index contributed by atoms with van der Waals surface area (Å²) in [5.41, 5.74) is -0.0557. The summed E-state index contributed by atoms with van der Waals surface area (Å²) in [6, 6.07) is 1.78. The standard InChI is InChI=1S/C13H17N3O3S/c1-9-15-12-10(4-8-20-12)13(18)16(9)6-5-14-11(17)3-7-19-2/h4,8H,3,5-7H2,1-2H3,(H,14,17). The van der Waals surface area contributed by atoms with Gasteiger partial charge in [-0.25, -0.2) is 4.98 Å². The van der Waals surface area contributed by atoms with Crippen molar-refractivity contribution in [3.05, 3.63) is 27.6 Å². The number of fused-ring (bicyclic) bond motifs is 1. The summed E-state index contributed by atoms with van der Waals surface area (Å²) >= 11 is 1.45. The van der Waals surface area contributed by atoms with Crippen LogP contribution in [-0.2, 0) is 16.1 Å². The fourth-order valence-electron chi connectivity index (χ4n) is 1.90. The topological polar surface area (TPSA) is 73.2 Å². The van der Waals surface area contributed by atoms with Gasteiger partial charge in [-0.2, -0.15) is 0 Å². The quantitative estimate of drug-likeness (QED) is 0.860. The van der Waals surface area contributed by atoms with Gasteiger partial charge in [-0.05, 0) is 18.4 Å². The number of hydrogen-bond acceptors (Lipinski definition) is 5. The zero-order valence-corrected chi connectivity index (χ0v) is 12.3. The van der Waals surface area contributed by atoms with Crippen molar-refractivity contribution in [2.24, 2.45) is 0 Å². The number of carbonyl (C=O) groups is 1. The molecule has 0 unspecified atom stereocenters. The van der Waals surface area contributed by atoms with Gasteiger partial charge in [-0.15, -0.1) is 11.3 Å². The van der Waals surface area contributed by atoms with E-state index in [9.17, 15) is 9.59 Å². The molecule has 2 rings (SSSR count). The smallest absolute Gasteiger partial charge is 0.262 e. The second-order valence-corrected chi connectivity index (χ2v) is 5.24. The summed E-state index contributed by atoms with van der Waals surface area (Å²) < 4.78 is 6.42. The maximum Gasteiger partial charge on any atom is 0.262 e. The minimum atomic E-state index is -0.0814. The zero-order chi connectivity index (χ0) is 14.5. The fourth-order valence-corrected chi connectivity index (χ4v) is 2.70. The van der Waals surface area contributed by atoms with Gasteiger partial charge in [0.05, 0.1) is 12.0 Å². The molecule has 0 aliphatic rings. The number of nitrogens with one attached hydrogen (secondary N) is 1. The van der Waals surface area contributed by atoms with E-state index in [1.165, 1.54) is 11.3 Å². The summed E-state index contributed by atoms with van der Waals surface area (Å²) in [7, 11) is 1.55. The van der Waals surface area contributed by atoms with E-state index in [1.54, 1.807) is 24.7 Å². The minimum absolute atomic E-state index is 0.0557. The van der Waals surface area contributed by atoms with E-state index in [4.69, 9.17) is 4.74 Å². The van der Waals surface area contributed by atoms with Crippen LogP contribution >= 0.6 is 11.3 Å². The van der Waals surface area contributed by atoms with Crippen molar-refractivity contribution in [3.8, 4) is 0 Å². The Morgan fingerprint density at radius 3 is 3.10 bits per heavy atom. The van der Waals surface area contributed by atoms with E-state index in [-0.39, 0.29) is 11.5 Å². The maximum atomic E-state index is 12.3. The number of hydrogen-bond donors (Lipinski definition) is 1. The molecule has 108 valence electrons. The van der Waals surface area contributed by atoms with E-state index in [1.807, 2.05) is 5.38 Å². The Morgan fingerprint density at radius 1 is 1.55 bits per heavy atom. The Balaban J connectivity index is 2.03. The van der Waals surface area contributed by atoms with Gasteiger partial charge in [0.1, 0.15) is 10.7 Å². The third-order valence-electron chi connectivity index (χ3n) is 2.97. The number of aryl methyl sites for hydroxylation is 1. The highest BCUT2D eigenvalue weighted by atomic mass is 32.1. The van der Waals surface area contributed by atoms with Crippen molar-refractivity contribution in [1.29, 1.82) is 0 Å². The Bertz CT molecular complexity index is 662. The highest BCUT2D eigenvalue weighted by Crippen LogP contribution is 2.14. The normalized spacial score (nSPS) is 10.9. The van der Waals surface area contributed by atoms with Crippen LogP contribution in [0.1, 0.15) is 12.2 Å². The van der Waals surface area contributed by atoms with Crippen LogP contribution in [0.15, 0.2) is 16.2 Å². The zero-order valence-electron chi connectivity index (χ0n) is 11.5. The molecule has 0 saturated heterocycles. The van der Waals surface area contributed by atoms with Crippen LogP contribution in [-0.4, -0.2) is 35.7 Å². The predicted octanol–water partition coefficient (Wildman–Crippen LogP) is 0.919. The largest absolute Gasteiger partial charge is 0.384 e. The van der Waals surface area contributed by atoms with Gasteiger partial charge in [0.25, 0.3) is 5.56 Å². The summed E-state index contributed by atoms with van der Waals surface area (Å²) in [4.78, 5) is 28.8.